The van der Waals surface area contributed by atoms with Gasteiger partial charge in [-0.05, 0) is 50.2 Å². The van der Waals surface area contributed by atoms with E-state index in [0.29, 0.717) is 12.4 Å². The number of nitrogens with one attached hydrogen (secondary N) is 1. The third kappa shape index (κ3) is 5.20. The van der Waals surface area contributed by atoms with Gasteiger partial charge in [-0.25, -0.2) is 13.2 Å². The Balaban J connectivity index is 2.26. The highest BCUT2D eigenvalue weighted by Crippen LogP contribution is 2.23. The van der Waals surface area contributed by atoms with E-state index in [9.17, 15) is 18.0 Å². The van der Waals surface area contributed by atoms with E-state index in [1.54, 1.807) is 12.1 Å². The molecular weight excluding hydrogens is 372 g/mol. The second-order valence-corrected chi connectivity index (χ2v) is 7.19. The zero-order valence-corrected chi connectivity index (χ0v) is 15.7. The van der Waals surface area contributed by atoms with Crippen LogP contribution in [0.3, 0.4) is 0 Å². The number of ether oxygens (including phenoxy) is 2. The number of sulfonamides is 1. The third-order valence-electron chi connectivity index (χ3n) is 3.52. The zero-order chi connectivity index (χ0) is 20.0. The van der Waals surface area contributed by atoms with Crippen molar-refractivity contribution in [1.82, 2.24) is 0 Å². The molecule has 0 unspecified atom stereocenters. The van der Waals surface area contributed by atoms with Crippen molar-refractivity contribution in [2.75, 3.05) is 11.3 Å². The van der Waals surface area contributed by atoms with E-state index in [0.717, 1.165) is 0 Å². The minimum Gasteiger partial charge on any atom is -0.494 e. The molecule has 2 aromatic rings. The second kappa shape index (κ2) is 8.54. The number of anilines is 1. The lowest BCUT2D eigenvalue weighted by atomic mass is 10.2. The minimum atomic E-state index is -3.95. The normalized spacial score (nSPS) is 12.1. The van der Waals surface area contributed by atoms with E-state index >= 15 is 0 Å². The molecule has 0 saturated carbocycles. The highest BCUT2D eigenvalue weighted by Gasteiger charge is 2.22. The average molecular weight is 392 g/mol. The predicted molar refractivity (Wildman–Crippen MR) is 98.9 cm³/mol. The molecule has 2 rings (SSSR count). The van der Waals surface area contributed by atoms with E-state index in [1.807, 2.05) is 6.92 Å². The summed E-state index contributed by atoms with van der Waals surface area (Å²) in [6, 6.07) is 11.8. The van der Waals surface area contributed by atoms with Crippen LogP contribution in [0.4, 0.5) is 5.69 Å². The molecule has 0 radical (unpaired) electrons. The number of amides is 1. The van der Waals surface area contributed by atoms with Crippen LogP contribution in [0.2, 0.25) is 0 Å². The summed E-state index contributed by atoms with van der Waals surface area (Å²) in [5.74, 6) is -1.14. The molecule has 144 valence electrons. The molecule has 9 heteroatoms. The molecule has 0 fully saturated rings. The van der Waals surface area contributed by atoms with Crippen LogP contribution in [0.5, 0.6) is 5.75 Å². The fourth-order valence-electron chi connectivity index (χ4n) is 2.12. The van der Waals surface area contributed by atoms with Crippen LogP contribution >= 0.6 is 0 Å². The van der Waals surface area contributed by atoms with Gasteiger partial charge in [-0.2, -0.15) is 0 Å². The Morgan fingerprint density at radius 1 is 1.11 bits per heavy atom. The minimum absolute atomic E-state index is 0.000345. The van der Waals surface area contributed by atoms with Gasteiger partial charge < -0.3 is 15.2 Å². The zero-order valence-electron chi connectivity index (χ0n) is 14.8. The predicted octanol–water partition coefficient (Wildman–Crippen LogP) is 1.92. The molecule has 0 aliphatic carbocycles. The molecule has 0 bridgehead atoms. The van der Waals surface area contributed by atoms with E-state index < -0.39 is 28.0 Å². The molecule has 1 atom stereocenters. The number of primary amides is 1. The molecule has 2 aromatic carbocycles. The Morgan fingerprint density at radius 3 is 2.33 bits per heavy atom. The highest BCUT2D eigenvalue weighted by molar-refractivity contribution is 7.92. The maximum Gasteiger partial charge on any atom is 0.341 e. The molecule has 27 heavy (non-hydrogen) atoms. The van der Waals surface area contributed by atoms with Gasteiger partial charge in [0, 0.05) is 0 Å². The molecule has 1 amide bonds. The van der Waals surface area contributed by atoms with E-state index in [4.69, 9.17) is 15.2 Å². The van der Waals surface area contributed by atoms with Crippen LogP contribution in [0.1, 0.15) is 24.2 Å². The number of nitrogens with two attached hydrogens (primary N) is 1. The number of esters is 1. The van der Waals surface area contributed by atoms with Gasteiger partial charge in [-0.15, -0.1) is 0 Å². The molecule has 0 saturated heterocycles. The van der Waals surface area contributed by atoms with Crippen molar-refractivity contribution in [2.45, 2.75) is 24.8 Å². The van der Waals surface area contributed by atoms with Crippen molar-refractivity contribution < 1.29 is 27.5 Å². The smallest absolute Gasteiger partial charge is 0.341 e. The Morgan fingerprint density at radius 2 is 1.74 bits per heavy atom. The van der Waals surface area contributed by atoms with Crippen LogP contribution in [0.15, 0.2) is 53.4 Å². The van der Waals surface area contributed by atoms with Crippen molar-refractivity contribution in [2.24, 2.45) is 5.73 Å². The second-order valence-electron chi connectivity index (χ2n) is 5.51. The molecule has 0 aromatic heterocycles. The lowest BCUT2D eigenvalue weighted by Gasteiger charge is -2.14. The first kappa shape index (κ1) is 20.2. The van der Waals surface area contributed by atoms with Crippen molar-refractivity contribution >= 4 is 27.6 Å². The number of para-hydroxylation sites is 1. The monoisotopic (exact) mass is 392 g/mol. The fraction of sp³-hybridized carbons (Fsp3) is 0.222. The third-order valence-corrected chi connectivity index (χ3v) is 4.90. The molecular formula is C18H20N2O6S. The summed E-state index contributed by atoms with van der Waals surface area (Å²) in [7, 11) is -3.95. The first-order valence-corrected chi connectivity index (χ1v) is 9.58. The summed E-state index contributed by atoms with van der Waals surface area (Å²) in [6.45, 7) is 3.61. The molecule has 0 aliphatic heterocycles. The average Bonchev–Trinajstić information content (AvgIpc) is 2.62. The first-order chi connectivity index (χ1) is 12.7. The Kier molecular flexibility index (Phi) is 6.40. The number of carbonyl (C=O) groups excluding carboxylic acids is 2. The number of carbonyl (C=O) groups is 2. The topological polar surface area (TPSA) is 125 Å². The van der Waals surface area contributed by atoms with Crippen molar-refractivity contribution in [1.29, 1.82) is 0 Å². The Bertz CT molecular complexity index is 925. The number of hydrogen-bond acceptors (Lipinski definition) is 6. The Labute approximate surface area is 157 Å². The van der Waals surface area contributed by atoms with Crippen LogP contribution in [-0.4, -0.2) is 33.0 Å². The summed E-state index contributed by atoms with van der Waals surface area (Å²) in [5, 5.41) is 0. The van der Waals surface area contributed by atoms with Crippen LogP contribution in [-0.2, 0) is 19.6 Å². The number of hydrogen-bond donors (Lipinski definition) is 2. The van der Waals surface area contributed by atoms with Crippen LogP contribution in [0.25, 0.3) is 0 Å². The number of benzene rings is 2. The van der Waals surface area contributed by atoms with Gasteiger partial charge >= 0.3 is 5.97 Å². The summed E-state index contributed by atoms with van der Waals surface area (Å²) >= 11 is 0. The van der Waals surface area contributed by atoms with Crippen molar-refractivity contribution in [3.63, 3.8) is 0 Å². The summed E-state index contributed by atoms with van der Waals surface area (Å²) in [5.41, 5.74) is 5.05. The van der Waals surface area contributed by atoms with Gasteiger partial charge in [0.05, 0.1) is 22.8 Å². The van der Waals surface area contributed by atoms with Gasteiger partial charge in [-0.3, -0.25) is 9.52 Å². The van der Waals surface area contributed by atoms with Gasteiger partial charge in [0.15, 0.2) is 6.10 Å². The Hall–Kier alpha value is -3.07. The molecule has 0 spiro atoms. The summed E-state index contributed by atoms with van der Waals surface area (Å²) in [4.78, 5) is 23.3. The lowest BCUT2D eigenvalue weighted by molar-refractivity contribution is -0.125. The van der Waals surface area contributed by atoms with Crippen LogP contribution < -0.4 is 15.2 Å². The van der Waals surface area contributed by atoms with Gasteiger partial charge in [-0.1, -0.05) is 12.1 Å². The van der Waals surface area contributed by atoms with E-state index in [-0.39, 0.29) is 16.1 Å². The largest absolute Gasteiger partial charge is 0.494 e. The number of rotatable bonds is 8. The van der Waals surface area contributed by atoms with Gasteiger partial charge in [0.2, 0.25) is 0 Å². The molecule has 0 heterocycles. The molecule has 3 N–H and O–H groups in total. The van der Waals surface area contributed by atoms with Gasteiger partial charge in [0.1, 0.15) is 5.75 Å². The first-order valence-electron chi connectivity index (χ1n) is 8.09. The van der Waals surface area contributed by atoms with Crippen LogP contribution in [0, 0.1) is 0 Å². The lowest BCUT2D eigenvalue weighted by Crippen LogP contribution is -2.30. The standard InChI is InChI=1S/C18H20N2O6S/c1-3-25-13-8-10-14(11-9-13)27(23,24)20-16-7-5-4-6-15(16)18(22)26-12(2)17(19)21/h4-12,20H,3H2,1-2H3,(H2,19,21)/t12-/m0/s1. The quantitative estimate of drug-likeness (QED) is 0.661. The van der Waals surface area contributed by atoms with Gasteiger partial charge in [0.25, 0.3) is 15.9 Å². The highest BCUT2D eigenvalue weighted by atomic mass is 32.2. The summed E-state index contributed by atoms with van der Waals surface area (Å²) < 4.78 is 37.8. The van der Waals surface area contributed by atoms with E-state index in [2.05, 4.69) is 4.72 Å². The fourth-order valence-corrected chi connectivity index (χ4v) is 3.20. The van der Waals surface area contributed by atoms with Crippen molar-refractivity contribution in [3.05, 3.63) is 54.1 Å². The summed E-state index contributed by atoms with van der Waals surface area (Å²) in [6.07, 6.45) is -1.15. The van der Waals surface area contributed by atoms with Crippen molar-refractivity contribution in [3.8, 4) is 5.75 Å². The van der Waals surface area contributed by atoms with E-state index in [1.165, 1.54) is 43.3 Å². The molecule has 0 aliphatic rings. The maximum absolute atomic E-state index is 12.6. The maximum atomic E-state index is 12.6. The molecule has 8 nitrogen and oxygen atoms in total. The SMILES string of the molecule is CCOc1ccc(S(=O)(=O)Nc2ccccc2C(=O)O[C@@H](C)C(N)=O)cc1.